The first-order valence-corrected chi connectivity index (χ1v) is 6.12. The molecule has 17 heavy (non-hydrogen) atoms. The molecule has 0 amide bonds. The molecule has 0 radical (unpaired) electrons. The van der Waals surface area contributed by atoms with Crippen molar-refractivity contribution in [3.8, 4) is 11.5 Å². The van der Waals surface area contributed by atoms with Gasteiger partial charge in [0.15, 0.2) is 5.82 Å². The number of nitrogens with two attached hydrogens (primary N) is 1. The van der Waals surface area contributed by atoms with Crippen LogP contribution in [0.4, 0.5) is 5.82 Å². The number of nitrogen functional groups attached to an aromatic ring is 1. The van der Waals surface area contributed by atoms with Crippen LogP contribution in [0.3, 0.4) is 0 Å². The molecule has 0 aromatic carbocycles. The van der Waals surface area contributed by atoms with Crippen LogP contribution in [0.2, 0.25) is 0 Å². The van der Waals surface area contributed by atoms with Crippen molar-refractivity contribution in [2.24, 2.45) is 0 Å². The zero-order valence-electron chi connectivity index (χ0n) is 9.68. The number of nitrogens with zero attached hydrogens (tertiary/aromatic N) is 3. The van der Waals surface area contributed by atoms with E-state index < -0.39 is 0 Å². The Morgan fingerprint density at radius 3 is 2.59 bits per heavy atom. The minimum Gasteiger partial charge on any atom is -0.384 e. The molecule has 2 aromatic rings. The normalized spacial score (nSPS) is 10.8. The Hall–Kier alpha value is -1.49. The average molecular weight is 293 g/mol. The molecule has 88 valence electrons. The van der Waals surface area contributed by atoms with Crippen LogP contribution in [0.5, 0.6) is 0 Å². The van der Waals surface area contributed by atoms with Gasteiger partial charge in [-0.15, -0.1) is 0 Å². The number of anilines is 1. The van der Waals surface area contributed by atoms with Gasteiger partial charge in [0, 0.05) is 22.4 Å². The van der Waals surface area contributed by atoms with E-state index in [-0.39, 0.29) is 0 Å². The van der Waals surface area contributed by atoms with Crippen molar-refractivity contribution in [3.05, 3.63) is 34.6 Å². The van der Waals surface area contributed by atoms with Gasteiger partial charge in [-0.3, -0.25) is 4.98 Å². The summed E-state index contributed by atoms with van der Waals surface area (Å²) in [5, 5.41) is 0. The lowest BCUT2D eigenvalue weighted by Gasteiger charge is -2.07. The second kappa shape index (κ2) is 4.79. The molecule has 0 spiro atoms. The zero-order chi connectivity index (χ0) is 12.4. The van der Waals surface area contributed by atoms with Gasteiger partial charge in [0.2, 0.25) is 0 Å². The number of pyridine rings is 1. The second-order valence-corrected chi connectivity index (χ2v) is 4.97. The summed E-state index contributed by atoms with van der Waals surface area (Å²) >= 11 is 3.34. The van der Waals surface area contributed by atoms with Gasteiger partial charge in [-0.2, -0.15) is 0 Å². The van der Waals surface area contributed by atoms with Crippen molar-refractivity contribution < 1.29 is 0 Å². The third-order valence-corrected chi connectivity index (χ3v) is 2.78. The van der Waals surface area contributed by atoms with E-state index in [1.807, 2.05) is 12.1 Å². The molecule has 0 saturated carbocycles. The van der Waals surface area contributed by atoms with Crippen LogP contribution in [0.1, 0.15) is 25.5 Å². The van der Waals surface area contributed by atoms with Crippen molar-refractivity contribution in [2.45, 2.75) is 19.8 Å². The van der Waals surface area contributed by atoms with Gasteiger partial charge in [-0.25, -0.2) is 9.97 Å². The van der Waals surface area contributed by atoms with Crippen LogP contribution in [-0.4, -0.2) is 15.0 Å². The third-order valence-electron chi connectivity index (χ3n) is 2.31. The Bertz CT molecular complexity index is 523. The summed E-state index contributed by atoms with van der Waals surface area (Å²) < 4.78 is 0.925. The molecular formula is C12H13BrN4. The smallest absolute Gasteiger partial charge is 0.180 e. The molecule has 5 heteroatoms. The highest BCUT2D eigenvalue weighted by molar-refractivity contribution is 9.10. The van der Waals surface area contributed by atoms with Crippen molar-refractivity contribution in [3.63, 3.8) is 0 Å². The van der Waals surface area contributed by atoms with Crippen LogP contribution in [0.15, 0.2) is 28.9 Å². The molecule has 0 fully saturated rings. The number of hydrogen-bond acceptors (Lipinski definition) is 4. The second-order valence-electron chi connectivity index (χ2n) is 4.06. The Morgan fingerprint density at radius 1 is 1.24 bits per heavy atom. The largest absolute Gasteiger partial charge is 0.384 e. The molecule has 0 aliphatic rings. The third kappa shape index (κ3) is 2.79. The van der Waals surface area contributed by atoms with Crippen molar-refractivity contribution in [2.75, 3.05) is 5.73 Å². The van der Waals surface area contributed by atoms with Crippen LogP contribution in [-0.2, 0) is 0 Å². The number of halogens is 1. The van der Waals surface area contributed by atoms with E-state index in [1.54, 1.807) is 12.3 Å². The lowest BCUT2D eigenvalue weighted by molar-refractivity contribution is 0.817. The molecule has 0 bridgehead atoms. The summed E-state index contributed by atoms with van der Waals surface area (Å²) in [5.74, 6) is 1.36. The Kier molecular flexibility index (Phi) is 3.38. The van der Waals surface area contributed by atoms with Crippen LogP contribution < -0.4 is 5.73 Å². The first-order chi connectivity index (χ1) is 8.06. The first-order valence-electron chi connectivity index (χ1n) is 5.32. The first kappa shape index (κ1) is 12.0. The molecule has 2 heterocycles. The Balaban J connectivity index is 2.48. The predicted octanol–water partition coefficient (Wildman–Crippen LogP) is 3.01. The number of rotatable bonds is 2. The number of aromatic nitrogens is 3. The molecule has 2 rings (SSSR count). The molecule has 4 nitrogen and oxygen atoms in total. The minimum atomic E-state index is 0.314. The van der Waals surface area contributed by atoms with Crippen molar-refractivity contribution in [1.82, 2.24) is 15.0 Å². The van der Waals surface area contributed by atoms with Crippen LogP contribution >= 0.6 is 15.9 Å². The van der Waals surface area contributed by atoms with E-state index in [0.29, 0.717) is 17.6 Å². The maximum atomic E-state index is 5.78. The van der Waals surface area contributed by atoms with Gasteiger partial charge < -0.3 is 5.73 Å². The molecular weight excluding hydrogens is 280 g/mol. The van der Waals surface area contributed by atoms with Gasteiger partial charge in [0.05, 0.1) is 0 Å². The summed E-state index contributed by atoms with van der Waals surface area (Å²) in [6, 6.07) is 5.57. The van der Waals surface area contributed by atoms with Gasteiger partial charge in [-0.1, -0.05) is 13.8 Å². The van der Waals surface area contributed by atoms with Crippen LogP contribution in [0.25, 0.3) is 11.5 Å². The fraction of sp³-hybridized carbons (Fsp3) is 0.250. The molecule has 0 saturated heterocycles. The highest BCUT2D eigenvalue weighted by Crippen LogP contribution is 2.20. The zero-order valence-corrected chi connectivity index (χ0v) is 11.3. The molecule has 0 aliphatic carbocycles. The monoisotopic (exact) mass is 292 g/mol. The van der Waals surface area contributed by atoms with Gasteiger partial charge >= 0.3 is 0 Å². The topological polar surface area (TPSA) is 64.7 Å². The Labute approximate surface area is 108 Å². The minimum absolute atomic E-state index is 0.314. The van der Waals surface area contributed by atoms with Gasteiger partial charge in [0.25, 0.3) is 0 Å². The van der Waals surface area contributed by atoms with Crippen molar-refractivity contribution >= 4 is 21.7 Å². The Morgan fingerprint density at radius 2 is 2.00 bits per heavy atom. The summed E-state index contributed by atoms with van der Waals surface area (Å²) in [6.45, 7) is 4.14. The summed E-state index contributed by atoms with van der Waals surface area (Å²) in [4.78, 5) is 12.9. The maximum Gasteiger partial charge on any atom is 0.180 e. The maximum absolute atomic E-state index is 5.78. The van der Waals surface area contributed by atoms with Crippen molar-refractivity contribution in [1.29, 1.82) is 0 Å². The molecule has 2 aromatic heterocycles. The quantitative estimate of drug-likeness (QED) is 0.924. The van der Waals surface area contributed by atoms with Gasteiger partial charge in [0.1, 0.15) is 11.5 Å². The van der Waals surface area contributed by atoms with E-state index in [0.717, 1.165) is 15.9 Å². The summed E-state index contributed by atoms with van der Waals surface area (Å²) in [7, 11) is 0. The summed E-state index contributed by atoms with van der Waals surface area (Å²) in [5.41, 5.74) is 7.43. The van der Waals surface area contributed by atoms with E-state index in [4.69, 9.17) is 5.73 Å². The van der Waals surface area contributed by atoms with E-state index >= 15 is 0 Å². The lowest BCUT2D eigenvalue weighted by Crippen LogP contribution is -2.02. The highest BCUT2D eigenvalue weighted by atomic mass is 79.9. The summed E-state index contributed by atoms with van der Waals surface area (Å²) in [6.07, 6.45) is 1.72. The predicted molar refractivity (Wildman–Crippen MR) is 71.5 cm³/mol. The highest BCUT2D eigenvalue weighted by Gasteiger charge is 2.08. The SMILES string of the molecule is CC(C)c1cc(N)nc(-c2ccc(Br)cn2)n1. The lowest BCUT2D eigenvalue weighted by atomic mass is 10.1. The average Bonchev–Trinajstić information content (AvgIpc) is 2.29. The van der Waals surface area contributed by atoms with E-state index in [1.165, 1.54) is 0 Å². The van der Waals surface area contributed by atoms with E-state index in [2.05, 4.69) is 44.7 Å². The fourth-order valence-corrected chi connectivity index (χ4v) is 1.64. The number of hydrogen-bond donors (Lipinski definition) is 1. The molecule has 0 aliphatic heterocycles. The molecule has 2 N–H and O–H groups in total. The van der Waals surface area contributed by atoms with Gasteiger partial charge in [-0.05, 0) is 34.0 Å². The molecule has 0 unspecified atom stereocenters. The van der Waals surface area contributed by atoms with E-state index in [9.17, 15) is 0 Å². The fourth-order valence-electron chi connectivity index (χ4n) is 1.40. The molecule has 0 atom stereocenters. The van der Waals surface area contributed by atoms with Crippen LogP contribution in [0, 0.1) is 0 Å². The standard InChI is InChI=1S/C12H13BrN4/c1-7(2)10-5-11(14)17-12(16-10)9-4-3-8(13)6-15-9/h3-7H,1-2H3,(H2,14,16,17).